The molecule has 0 radical (unpaired) electrons. The molecule has 0 aliphatic carbocycles. The number of carbonyl (C=O) groups excluding carboxylic acids is 1. The zero-order valence-electron chi connectivity index (χ0n) is 11.9. The van der Waals surface area contributed by atoms with Crippen LogP contribution in [0.3, 0.4) is 0 Å². The molecule has 0 atom stereocenters. The van der Waals surface area contributed by atoms with Crippen molar-refractivity contribution in [1.29, 1.82) is 0 Å². The standard InChI is InChI=1S/C17H24O2/c1-3-5-6-7-8-9-11-15-12-10-13-16(14-15)19-17(18)4-2/h4,10,12-14H,2-3,5-9,11H2,1H3. The van der Waals surface area contributed by atoms with Gasteiger partial charge in [0.25, 0.3) is 0 Å². The van der Waals surface area contributed by atoms with Crippen molar-refractivity contribution in [3.8, 4) is 5.75 Å². The molecular formula is C17H24O2. The third-order valence-electron chi connectivity index (χ3n) is 3.10. The third kappa shape index (κ3) is 6.80. The zero-order chi connectivity index (χ0) is 13.9. The zero-order valence-corrected chi connectivity index (χ0v) is 11.9. The highest BCUT2D eigenvalue weighted by molar-refractivity contribution is 5.83. The van der Waals surface area contributed by atoms with Gasteiger partial charge in [0.1, 0.15) is 5.75 Å². The third-order valence-corrected chi connectivity index (χ3v) is 3.10. The molecule has 1 aromatic carbocycles. The van der Waals surface area contributed by atoms with Crippen molar-refractivity contribution >= 4 is 5.97 Å². The molecule has 0 bridgehead atoms. The van der Waals surface area contributed by atoms with Crippen molar-refractivity contribution in [1.82, 2.24) is 0 Å². The fourth-order valence-corrected chi connectivity index (χ4v) is 2.03. The number of benzene rings is 1. The molecule has 0 fully saturated rings. The molecular weight excluding hydrogens is 236 g/mol. The molecule has 0 aromatic heterocycles. The lowest BCUT2D eigenvalue weighted by Gasteiger charge is -2.05. The summed E-state index contributed by atoms with van der Waals surface area (Å²) in [6.07, 6.45) is 9.99. The summed E-state index contributed by atoms with van der Waals surface area (Å²) in [4.78, 5) is 11.1. The summed E-state index contributed by atoms with van der Waals surface area (Å²) in [6.45, 7) is 5.62. The van der Waals surface area contributed by atoms with Gasteiger partial charge >= 0.3 is 5.97 Å². The predicted octanol–water partition coefficient (Wildman–Crippen LogP) is 4.68. The van der Waals surface area contributed by atoms with Gasteiger partial charge in [0.2, 0.25) is 0 Å². The van der Waals surface area contributed by atoms with E-state index in [0.29, 0.717) is 5.75 Å². The summed E-state index contributed by atoms with van der Waals surface area (Å²) >= 11 is 0. The average Bonchev–Trinajstić information content (AvgIpc) is 2.43. The molecule has 0 aliphatic heterocycles. The Balaban J connectivity index is 2.31. The van der Waals surface area contributed by atoms with Gasteiger partial charge in [0.15, 0.2) is 0 Å². The number of hydrogen-bond acceptors (Lipinski definition) is 2. The molecule has 0 amide bonds. The van der Waals surface area contributed by atoms with Crippen LogP contribution in [0, 0.1) is 0 Å². The van der Waals surface area contributed by atoms with Crippen molar-refractivity contribution in [2.75, 3.05) is 0 Å². The van der Waals surface area contributed by atoms with Gasteiger partial charge in [-0.25, -0.2) is 4.79 Å². The minimum atomic E-state index is -0.406. The Labute approximate surface area is 116 Å². The molecule has 0 spiro atoms. The van der Waals surface area contributed by atoms with Crippen LogP contribution in [0.2, 0.25) is 0 Å². The second kappa shape index (κ2) is 9.37. The highest BCUT2D eigenvalue weighted by Gasteiger charge is 2.01. The van der Waals surface area contributed by atoms with Gasteiger partial charge in [-0.15, -0.1) is 0 Å². The van der Waals surface area contributed by atoms with Gasteiger partial charge in [-0.1, -0.05) is 57.7 Å². The SMILES string of the molecule is C=CC(=O)Oc1cccc(CCCCCCCC)c1. The summed E-state index contributed by atoms with van der Waals surface area (Å²) in [5.74, 6) is 0.199. The minimum Gasteiger partial charge on any atom is -0.423 e. The Hall–Kier alpha value is -1.57. The van der Waals surface area contributed by atoms with Crippen LogP contribution in [0.5, 0.6) is 5.75 Å². The van der Waals surface area contributed by atoms with Crippen molar-refractivity contribution in [2.45, 2.75) is 51.9 Å². The van der Waals surface area contributed by atoms with Gasteiger partial charge in [0.05, 0.1) is 0 Å². The largest absolute Gasteiger partial charge is 0.423 e. The Morgan fingerprint density at radius 2 is 1.95 bits per heavy atom. The van der Waals surface area contributed by atoms with Crippen LogP contribution >= 0.6 is 0 Å². The van der Waals surface area contributed by atoms with E-state index in [9.17, 15) is 4.79 Å². The fourth-order valence-electron chi connectivity index (χ4n) is 2.03. The molecule has 2 heteroatoms. The summed E-state index contributed by atoms with van der Waals surface area (Å²) in [5.41, 5.74) is 1.23. The smallest absolute Gasteiger partial charge is 0.335 e. The molecule has 1 rings (SSSR count). The van der Waals surface area contributed by atoms with E-state index in [-0.39, 0.29) is 0 Å². The Kier molecular flexibility index (Phi) is 7.64. The fraction of sp³-hybridized carbons (Fsp3) is 0.471. The monoisotopic (exact) mass is 260 g/mol. The van der Waals surface area contributed by atoms with E-state index in [1.54, 1.807) is 6.07 Å². The van der Waals surface area contributed by atoms with Crippen molar-refractivity contribution in [3.05, 3.63) is 42.5 Å². The molecule has 19 heavy (non-hydrogen) atoms. The quantitative estimate of drug-likeness (QED) is 0.279. The van der Waals surface area contributed by atoms with Crippen LogP contribution in [-0.4, -0.2) is 5.97 Å². The maximum absolute atomic E-state index is 11.1. The maximum atomic E-state index is 11.1. The van der Waals surface area contributed by atoms with Crippen LogP contribution < -0.4 is 4.74 Å². The summed E-state index contributed by atoms with van der Waals surface area (Å²) < 4.78 is 5.11. The first kappa shape index (κ1) is 15.5. The first-order valence-electron chi connectivity index (χ1n) is 7.19. The van der Waals surface area contributed by atoms with Crippen LogP contribution in [0.4, 0.5) is 0 Å². The number of hydrogen-bond donors (Lipinski definition) is 0. The molecule has 104 valence electrons. The summed E-state index contributed by atoms with van der Waals surface area (Å²) in [5, 5.41) is 0. The second-order valence-electron chi connectivity index (χ2n) is 4.79. The van der Waals surface area contributed by atoms with Gasteiger partial charge in [-0.05, 0) is 30.5 Å². The predicted molar refractivity (Wildman–Crippen MR) is 79.4 cm³/mol. The van der Waals surface area contributed by atoms with Crippen molar-refractivity contribution in [3.63, 3.8) is 0 Å². The van der Waals surface area contributed by atoms with Crippen molar-refractivity contribution < 1.29 is 9.53 Å². The van der Waals surface area contributed by atoms with Crippen LogP contribution in [0.25, 0.3) is 0 Å². The number of rotatable bonds is 9. The first-order valence-corrected chi connectivity index (χ1v) is 7.19. The lowest BCUT2D eigenvalue weighted by molar-refractivity contribution is -0.128. The van der Waals surface area contributed by atoms with E-state index in [4.69, 9.17) is 4.74 Å². The summed E-state index contributed by atoms with van der Waals surface area (Å²) in [7, 11) is 0. The Morgan fingerprint density at radius 1 is 1.21 bits per heavy atom. The number of unbranched alkanes of at least 4 members (excludes halogenated alkanes) is 5. The molecule has 2 nitrogen and oxygen atoms in total. The molecule has 0 N–H and O–H groups in total. The Morgan fingerprint density at radius 3 is 2.68 bits per heavy atom. The van der Waals surface area contributed by atoms with Gasteiger partial charge in [-0.2, -0.15) is 0 Å². The normalized spacial score (nSPS) is 10.2. The molecule has 0 saturated heterocycles. The number of aryl methyl sites for hydroxylation is 1. The van der Waals surface area contributed by atoms with E-state index < -0.39 is 5.97 Å². The second-order valence-corrected chi connectivity index (χ2v) is 4.79. The number of carbonyl (C=O) groups is 1. The summed E-state index contributed by atoms with van der Waals surface area (Å²) in [6, 6.07) is 7.75. The lowest BCUT2D eigenvalue weighted by Crippen LogP contribution is -2.03. The first-order chi connectivity index (χ1) is 9.26. The maximum Gasteiger partial charge on any atom is 0.335 e. The van der Waals surface area contributed by atoms with Crippen molar-refractivity contribution in [2.24, 2.45) is 0 Å². The molecule has 1 aromatic rings. The van der Waals surface area contributed by atoms with E-state index >= 15 is 0 Å². The highest BCUT2D eigenvalue weighted by Crippen LogP contribution is 2.16. The molecule has 0 unspecified atom stereocenters. The van der Waals surface area contributed by atoms with Crippen LogP contribution in [0.15, 0.2) is 36.9 Å². The molecule has 0 saturated carbocycles. The van der Waals surface area contributed by atoms with Crippen LogP contribution in [0.1, 0.15) is 51.0 Å². The highest BCUT2D eigenvalue weighted by atomic mass is 16.5. The minimum absolute atomic E-state index is 0.406. The van der Waals surface area contributed by atoms with E-state index in [0.717, 1.165) is 6.42 Å². The van der Waals surface area contributed by atoms with Gasteiger partial charge in [-0.3, -0.25) is 0 Å². The van der Waals surface area contributed by atoms with Crippen LogP contribution in [-0.2, 0) is 11.2 Å². The average molecular weight is 260 g/mol. The molecule has 0 heterocycles. The number of esters is 1. The van der Waals surface area contributed by atoms with Gasteiger partial charge in [0, 0.05) is 6.08 Å². The van der Waals surface area contributed by atoms with E-state index in [1.165, 1.54) is 50.2 Å². The van der Waals surface area contributed by atoms with E-state index in [2.05, 4.69) is 19.6 Å². The Bertz CT molecular complexity index is 396. The molecule has 0 aliphatic rings. The topological polar surface area (TPSA) is 26.3 Å². The van der Waals surface area contributed by atoms with Gasteiger partial charge < -0.3 is 4.74 Å². The number of ether oxygens (including phenoxy) is 1. The van der Waals surface area contributed by atoms with E-state index in [1.807, 2.05) is 12.1 Å². The lowest BCUT2D eigenvalue weighted by atomic mass is 10.0.